The van der Waals surface area contributed by atoms with Crippen LogP contribution in [0.3, 0.4) is 0 Å². The highest BCUT2D eigenvalue weighted by Gasteiger charge is 2.35. The zero-order valence-corrected chi connectivity index (χ0v) is 9.51. The lowest BCUT2D eigenvalue weighted by atomic mass is 10.1. The van der Waals surface area contributed by atoms with E-state index >= 15 is 0 Å². The first-order valence-corrected chi connectivity index (χ1v) is 5.66. The lowest BCUT2D eigenvalue weighted by molar-refractivity contribution is -0.109. The predicted octanol–water partition coefficient (Wildman–Crippen LogP) is 3.67. The predicted molar refractivity (Wildman–Crippen MR) is 52.8 cm³/mol. The molecule has 0 aromatic rings. The van der Waals surface area contributed by atoms with E-state index in [9.17, 15) is 26.7 Å². The molecule has 7 heteroatoms. The summed E-state index contributed by atoms with van der Waals surface area (Å²) >= 11 is 0.883. The lowest BCUT2D eigenvalue weighted by Crippen LogP contribution is -2.26. The second-order valence-electron chi connectivity index (χ2n) is 3.35. The Morgan fingerprint density at radius 1 is 1.31 bits per heavy atom. The van der Waals surface area contributed by atoms with Crippen LogP contribution in [-0.2, 0) is 4.79 Å². The van der Waals surface area contributed by atoms with Gasteiger partial charge in [-0.3, -0.25) is 4.79 Å². The molecule has 16 heavy (non-hydrogen) atoms. The molecule has 0 aliphatic carbocycles. The highest BCUT2D eigenvalue weighted by molar-refractivity contribution is 8.13. The van der Waals surface area contributed by atoms with E-state index in [0.29, 0.717) is 0 Å². The fraction of sp³-hybridized carbons (Fsp3) is 0.889. The van der Waals surface area contributed by atoms with Crippen LogP contribution >= 0.6 is 11.8 Å². The van der Waals surface area contributed by atoms with Gasteiger partial charge in [-0.2, -0.15) is 0 Å². The SMILES string of the molecule is CC(=O)SCCCC(F)(F)CC(F)C(F)F. The molecular weight excluding hydrogens is 251 g/mol. The summed E-state index contributed by atoms with van der Waals surface area (Å²) in [6, 6.07) is 0. The third kappa shape index (κ3) is 7.90. The van der Waals surface area contributed by atoms with Crippen LogP contribution in [0.2, 0.25) is 0 Å². The van der Waals surface area contributed by atoms with E-state index in [4.69, 9.17) is 0 Å². The minimum atomic E-state index is -3.44. The lowest BCUT2D eigenvalue weighted by Gasteiger charge is -2.17. The number of carbonyl (C=O) groups is 1. The van der Waals surface area contributed by atoms with Crippen molar-refractivity contribution in [3.8, 4) is 0 Å². The van der Waals surface area contributed by atoms with Gasteiger partial charge in [0.2, 0.25) is 0 Å². The first kappa shape index (κ1) is 15.7. The minimum absolute atomic E-state index is 0.00674. The number of alkyl halides is 5. The molecule has 0 amide bonds. The van der Waals surface area contributed by atoms with Crippen LogP contribution in [0.5, 0.6) is 0 Å². The first-order valence-electron chi connectivity index (χ1n) is 4.68. The maximum Gasteiger partial charge on any atom is 0.269 e. The van der Waals surface area contributed by atoms with Gasteiger partial charge in [0, 0.05) is 25.5 Å². The molecule has 0 aliphatic heterocycles. The van der Waals surface area contributed by atoms with Gasteiger partial charge in [-0.1, -0.05) is 11.8 Å². The molecule has 0 bridgehead atoms. The zero-order valence-electron chi connectivity index (χ0n) is 8.69. The molecule has 0 rings (SSSR count). The molecule has 0 heterocycles. The fourth-order valence-corrected chi connectivity index (χ4v) is 1.60. The fourth-order valence-electron chi connectivity index (χ4n) is 1.02. The van der Waals surface area contributed by atoms with Crippen molar-refractivity contribution in [2.45, 2.75) is 44.7 Å². The molecule has 0 N–H and O–H groups in total. The second-order valence-corrected chi connectivity index (χ2v) is 4.63. The number of carbonyl (C=O) groups excluding carboxylic acids is 1. The van der Waals surface area contributed by atoms with Gasteiger partial charge in [0.25, 0.3) is 12.3 Å². The van der Waals surface area contributed by atoms with Crippen LogP contribution in [0.1, 0.15) is 26.2 Å². The summed E-state index contributed by atoms with van der Waals surface area (Å²) in [6.45, 7) is 1.30. The van der Waals surface area contributed by atoms with E-state index in [0.717, 1.165) is 11.8 Å². The van der Waals surface area contributed by atoms with E-state index in [-0.39, 0.29) is 17.3 Å². The van der Waals surface area contributed by atoms with Crippen molar-refractivity contribution in [1.82, 2.24) is 0 Å². The quantitative estimate of drug-likeness (QED) is 0.515. The van der Waals surface area contributed by atoms with Gasteiger partial charge in [-0.15, -0.1) is 0 Å². The van der Waals surface area contributed by atoms with Crippen molar-refractivity contribution < 1.29 is 26.7 Å². The normalized spacial score (nSPS) is 14.2. The van der Waals surface area contributed by atoms with E-state index in [1.165, 1.54) is 6.92 Å². The van der Waals surface area contributed by atoms with Gasteiger partial charge in [-0.25, -0.2) is 22.0 Å². The molecule has 1 unspecified atom stereocenters. The van der Waals surface area contributed by atoms with Gasteiger partial charge >= 0.3 is 0 Å². The van der Waals surface area contributed by atoms with Gasteiger partial charge in [0.15, 0.2) is 11.3 Å². The maximum atomic E-state index is 12.9. The van der Waals surface area contributed by atoms with Crippen molar-refractivity contribution in [3.05, 3.63) is 0 Å². The molecule has 0 radical (unpaired) electrons. The van der Waals surface area contributed by atoms with E-state index in [1.807, 2.05) is 0 Å². The molecule has 0 aromatic heterocycles. The Morgan fingerprint density at radius 2 is 1.88 bits per heavy atom. The van der Waals surface area contributed by atoms with Crippen LogP contribution in [0.4, 0.5) is 22.0 Å². The maximum absolute atomic E-state index is 12.9. The Balaban J connectivity index is 3.82. The average molecular weight is 264 g/mol. The van der Waals surface area contributed by atoms with Gasteiger partial charge in [0.1, 0.15) is 0 Å². The topological polar surface area (TPSA) is 17.1 Å². The van der Waals surface area contributed by atoms with Crippen LogP contribution < -0.4 is 0 Å². The molecule has 96 valence electrons. The van der Waals surface area contributed by atoms with Crippen molar-refractivity contribution >= 4 is 16.9 Å². The Morgan fingerprint density at radius 3 is 2.31 bits per heavy atom. The average Bonchev–Trinajstić information content (AvgIpc) is 2.11. The monoisotopic (exact) mass is 264 g/mol. The largest absolute Gasteiger partial charge is 0.288 e. The zero-order chi connectivity index (χ0) is 12.8. The van der Waals surface area contributed by atoms with Gasteiger partial charge in [-0.05, 0) is 6.42 Å². The van der Waals surface area contributed by atoms with Crippen molar-refractivity contribution in [2.24, 2.45) is 0 Å². The van der Waals surface area contributed by atoms with Crippen LogP contribution in [0.15, 0.2) is 0 Å². The molecule has 0 spiro atoms. The molecule has 0 aromatic carbocycles. The Labute approximate surface area is 94.8 Å². The smallest absolute Gasteiger partial charge is 0.269 e. The molecule has 0 saturated carbocycles. The van der Waals surface area contributed by atoms with E-state index < -0.39 is 31.4 Å². The van der Waals surface area contributed by atoms with Gasteiger partial charge in [0.05, 0.1) is 0 Å². The van der Waals surface area contributed by atoms with Crippen LogP contribution in [0.25, 0.3) is 0 Å². The summed E-state index contributed by atoms with van der Waals surface area (Å²) in [7, 11) is 0. The van der Waals surface area contributed by atoms with Gasteiger partial charge < -0.3 is 0 Å². The van der Waals surface area contributed by atoms with E-state index in [1.54, 1.807) is 0 Å². The Bertz CT molecular complexity index is 222. The number of hydrogen-bond donors (Lipinski definition) is 0. The van der Waals surface area contributed by atoms with Crippen LogP contribution in [0, 0.1) is 0 Å². The number of hydrogen-bond acceptors (Lipinski definition) is 2. The molecule has 1 atom stereocenters. The molecule has 1 nitrogen and oxygen atoms in total. The number of halogens is 5. The summed E-state index contributed by atoms with van der Waals surface area (Å²) in [5.74, 6) is -3.25. The second kappa shape index (κ2) is 7.09. The molecule has 0 saturated heterocycles. The molecule has 0 aliphatic rings. The highest BCUT2D eigenvalue weighted by atomic mass is 32.2. The minimum Gasteiger partial charge on any atom is -0.288 e. The molecule has 0 fully saturated rings. The third-order valence-electron chi connectivity index (χ3n) is 1.76. The summed E-state index contributed by atoms with van der Waals surface area (Å²) in [5.41, 5.74) is 0. The number of thioether (sulfide) groups is 1. The summed E-state index contributed by atoms with van der Waals surface area (Å²) in [6.07, 6.45) is -8.32. The van der Waals surface area contributed by atoms with Crippen LogP contribution in [-0.4, -0.2) is 29.4 Å². The summed E-state index contributed by atoms with van der Waals surface area (Å²) in [4.78, 5) is 10.5. The highest BCUT2D eigenvalue weighted by Crippen LogP contribution is 2.29. The molecular formula is C9H13F5OS. The van der Waals surface area contributed by atoms with E-state index in [2.05, 4.69) is 0 Å². The first-order chi connectivity index (χ1) is 7.24. The number of rotatable bonds is 7. The summed E-state index contributed by atoms with van der Waals surface area (Å²) in [5, 5.41) is -0.195. The standard InChI is InChI=1S/C9H13F5OS/c1-6(15)16-4-2-3-9(13,14)5-7(10)8(11)12/h7-8H,2-5H2,1H3. The Hall–Kier alpha value is -0.330. The van der Waals surface area contributed by atoms with Crippen molar-refractivity contribution in [1.29, 1.82) is 0 Å². The summed E-state index contributed by atoms with van der Waals surface area (Å²) < 4.78 is 61.5. The Kier molecular flexibility index (Phi) is 6.94. The van der Waals surface area contributed by atoms with Crippen molar-refractivity contribution in [3.63, 3.8) is 0 Å². The van der Waals surface area contributed by atoms with Crippen molar-refractivity contribution in [2.75, 3.05) is 5.75 Å². The third-order valence-corrected chi connectivity index (χ3v) is 2.66.